The molecule has 5 heteroatoms. The maximum Gasteiger partial charge on any atom is 0.336 e. The van der Waals surface area contributed by atoms with Crippen LogP contribution < -0.4 is 5.32 Å². The smallest absolute Gasteiger partial charge is 0.336 e. The van der Waals surface area contributed by atoms with Crippen molar-refractivity contribution < 1.29 is 9.90 Å². The third-order valence-electron chi connectivity index (χ3n) is 2.17. The molecule has 0 bridgehead atoms. The molecule has 0 radical (unpaired) electrons. The van der Waals surface area contributed by atoms with Gasteiger partial charge in [0.2, 0.25) is 0 Å². The fraction of sp³-hybridized carbons (Fsp3) is 0. The lowest BCUT2D eigenvalue weighted by atomic mass is 10.2. The second-order valence-corrected chi connectivity index (χ2v) is 4.22. The Hall–Kier alpha value is -1.88. The number of anilines is 2. The zero-order chi connectivity index (χ0) is 12.3. The number of aromatic nitrogens is 1. The van der Waals surface area contributed by atoms with Crippen LogP contribution in [0.2, 0.25) is 0 Å². The monoisotopic (exact) mass is 292 g/mol. The van der Waals surface area contributed by atoms with E-state index in [9.17, 15) is 4.79 Å². The first-order valence-corrected chi connectivity index (χ1v) is 5.66. The van der Waals surface area contributed by atoms with Crippen LogP contribution >= 0.6 is 15.9 Å². The van der Waals surface area contributed by atoms with Gasteiger partial charge in [0.15, 0.2) is 0 Å². The van der Waals surface area contributed by atoms with Gasteiger partial charge >= 0.3 is 5.97 Å². The van der Waals surface area contributed by atoms with Crippen LogP contribution in [0.5, 0.6) is 0 Å². The normalized spacial score (nSPS) is 9.94. The Bertz CT molecular complexity index is 543. The third-order valence-corrected chi connectivity index (χ3v) is 2.86. The predicted molar refractivity (Wildman–Crippen MR) is 68.6 cm³/mol. The highest BCUT2D eigenvalue weighted by molar-refractivity contribution is 9.10. The number of halogens is 1. The maximum atomic E-state index is 11.0. The number of carboxylic acids is 1. The Balaban J connectivity index is 2.29. The highest BCUT2D eigenvalue weighted by Gasteiger charge is 2.08. The zero-order valence-electron chi connectivity index (χ0n) is 8.72. The first kappa shape index (κ1) is 11.6. The average molecular weight is 293 g/mol. The van der Waals surface area contributed by atoms with Crippen molar-refractivity contribution >= 4 is 33.3 Å². The molecule has 0 unspecified atom stereocenters. The minimum atomic E-state index is -0.963. The highest BCUT2D eigenvalue weighted by atomic mass is 79.9. The fourth-order valence-corrected chi connectivity index (χ4v) is 1.79. The van der Waals surface area contributed by atoms with Gasteiger partial charge in [-0.05, 0) is 46.3 Å². The van der Waals surface area contributed by atoms with Crippen LogP contribution in [0.1, 0.15) is 10.4 Å². The predicted octanol–water partition coefficient (Wildman–Crippen LogP) is 3.29. The molecule has 0 atom stereocenters. The number of nitrogens with one attached hydrogen (secondary N) is 1. The largest absolute Gasteiger partial charge is 0.478 e. The molecule has 4 nitrogen and oxygen atoms in total. The van der Waals surface area contributed by atoms with E-state index in [-0.39, 0.29) is 5.56 Å². The lowest BCUT2D eigenvalue weighted by molar-refractivity contribution is 0.0696. The number of nitrogens with zero attached hydrogens (tertiary/aromatic N) is 1. The van der Waals surface area contributed by atoms with Crippen LogP contribution in [0.3, 0.4) is 0 Å². The number of pyridine rings is 1. The SMILES string of the molecule is O=C(O)c1cc(Nc2ccncc2)ccc1Br. The second-order valence-electron chi connectivity index (χ2n) is 3.36. The van der Waals surface area contributed by atoms with Crippen LogP contribution in [-0.4, -0.2) is 16.1 Å². The molecule has 1 aromatic heterocycles. The molecule has 2 rings (SSSR count). The van der Waals surface area contributed by atoms with Gasteiger partial charge in [-0.3, -0.25) is 4.98 Å². The Morgan fingerprint density at radius 3 is 2.53 bits per heavy atom. The van der Waals surface area contributed by atoms with Crippen LogP contribution in [0.25, 0.3) is 0 Å². The highest BCUT2D eigenvalue weighted by Crippen LogP contribution is 2.23. The summed E-state index contributed by atoms with van der Waals surface area (Å²) in [6.07, 6.45) is 3.33. The Morgan fingerprint density at radius 1 is 1.18 bits per heavy atom. The minimum Gasteiger partial charge on any atom is -0.478 e. The molecule has 2 aromatic rings. The molecule has 0 amide bonds. The average Bonchev–Trinajstić information content (AvgIpc) is 2.32. The van der Waals surface area contributed by atoms with Crippen molar-refractivity contribution in [3.8, 4) is 0 Å². The van der Waals surface area contributed by atoms with Gasteiger partial charge in [0, 0.05) is 28.2 Å². The zero-order valence-corrected chi connectivity index (χ0v) is 10.3. The summed E-state index contributed by atoms with van der Waals surface area (Å²) in [5.41, 5.74) is 1.81. The summed E-state index contributed by atoms with van der Waals surface area (Å²) >= 11 is 3.20. The van der Waals surface area contributed by atoms with Crippen molar-refractivity contribution in [3.05, 3.63) is 52.8 Å². The molecule has 0 spiro atoms. The minimum absolute atomic E-state index is 0.226. The molecule has 17 heavy (non-hydrogen) atoms. The van der Waals surface area contributed by atoms with Crippen LogP contribution in [0, 0.1) is 0 Å². The Kier molecular flexibility index (Phi) is 3.39. The third kappa shape index (κ3) is 2.82. The first-order chi connectivity index (χ1) is 8.16. The summed E-state index contributed by atoms with van der Waals surface area (Å²) < 4.78 is 0.560. The molecular weight excluding hydrogens is 284 g/mol. The number of aromatic carboxylic acids is 1. The number of carbonyl (C=O) groups is 1. The van der Waals surface area contributed by atoms with E-state index in [1.807, 2.05) is 12.1 Å². The van der Waals surface area contributed by atoms with Crippen molar-refractivity contribution in [1.82, 2.24) is 4.98 Å². The first-order valence-electron chi connectivity index (χ1n) is 4.87. The summed E-state index contributed by atoms with van der Waals surface area (Å²) in [6, 6.07) is 8.70. The molecular formula is C12H9BrN2O2. The fourth-order valence-electron chi connectivity index (χ4n) is 1.37. The van der Waals surface area contributed by atoms with Gasteiger partial charge in [-0.25, -0.2) is 4.79 Å². The lowest BCUT2D eigenvalue weighted by Crippen LogP contribution is -1.99. The molecule has 1 aromatic carbocycles. The quantitative estimate of drug-likeness (QED) is 0.911. The molecule has 2 N–H and O–H groups in total. The van der Waals surface area contributed by atoms with Crippen LogP contribution in [-0.2, 0) is 0 Å². The van der Waals surface area contributed by atoms with E-state index in [4.69, 9.17) is 5.11 Å². The van der Waals surface area contributed by atoms with Crippen molar-refractivity contribution in [1.29, 1.82) is 0 Å². The van der Waals surface area contributed by atoms with E-state index >= 15 is 0 Å². The van der Waals surface area contributed by atoms with E-state index in [0.29, 0.717) is 4.47 Å². The topological polar surface area (TPSA) is 62.2 Å². The number of benzene rings is 1. The van der Waals surface area contributed by atoms with Crippen molar-refractivity contribution in [2.24, 2.45) is 0 Å². The number of hydrogen-bond acceptors (Lipinski definition) is 3. The molecule has 0 saturated heterocycles. The molecule has 0 aliphatic rings. The number of rotatable bonds is 3. The summed E-state index contributed by atoms with van der Waals surface area (Å²) in [5, 5.41) is 12.1. The summed E-state index contributed by atoms with van der Waals surface area (Å²) in [6.45, 7) is 0. The van der Waals surface area contributed by atoms with Gasteiger partial charge in [0.05, 0.1) is 5.56 Å². The van der Waals surface area contributed by atoms with Gasteiger partial charge in [-0.15, -0.1) is 0 Å². The van der Waals surface area contributed by atoms with E-state index in [1.165, 1.54) is 0 Å². The number of carboxylic acid groups (broad SMARTS) is 1. The lowest BCUT2D eigenvalue weighted by Gasteiger charge is -2.07. The van der Waals surface area contributed by atoms with E-state index < -0.39 is 5.97 Å². The molecule has 0 fully saturated rings. The molecule has 0 aliphatic heterocycles. The van der Waals surface area contributed by atoms with Gasteiger partial charge in [0.25, 0.3) is 0 Å². The maximum absolute atomic E-state index is 11.0. The van der Waals surface area contributed by atoms with E-state index in [0.717, 1.165) is 11.4 Å². The Labute approximate surface area is 106 Å². The number of hydrogen-bond donors (Lipinski definition) is 2. The standard InChI is InChI=1S/C12H9BrN2O2/c13-11-2-1-9(7-10(11)12(16)17)15-8-3-5-14-6-4-8/h1-7H,(H,14,15)(H,16,17). The molecule has 0 saturated carbocycles. The van der Waals surface area contributed by atoms with Gasteiger partial charge in [-0.2, -0.15) is 0 Å². The summed E-state index contributed by atoms with van der Waals surface area (Å²) in [4.78, 5) is 14.9. The molecule has 0 aliphatic carbocycles. The summed E-state index contributed by atoms with van der Waals surface area (Å²) in [7, 11) is 0. The Morgan fingerprint density at radius 2 is 1.88 bits per heavy atom. The van der Waals surface area contributed by atoms with Gasteiger partial charge in [0.1, 0.15) is 0 Å². The van der Waals surface area contributed by atoms with E-state index in [2.05, 4.69) is 26.2 Å². The van der Waals surface area contributed by atoms with Gasteiger partial charge < -0.3 is 10.4 Å². The molecule has 86 valence electrons. The molecule has 1 heterocycles. The van der Waals surface area contributed by atoms with Gasteiger partial charge in [-0.1, -0.05) is 0 Å². The van der Waals surface area contributed by atoms with Crippen molar-refractivity contribution in [2.45, 2.75) is 0 Å². The second kappa shape index (κ2) is 4.97. The summed E-state index contributed by atoms with van der Waals surface area (Å²) in [5.74, 6) is -0.963. The van der Waals surface area contributed by atoms with Crippen LogP contribution in [0.4, 0.5) is 11.4 Å². The van der Waals surface area contributed by atoms with Crippen molar-refractivity contribution in [2.75, 3.05) is 5.32 Å². The van der Waals surface area contributed by atoms with Crippen molar-refractivity contribution in [3.63, 3.8) is 0 Å². The van der Waals surface area contributed by atoms with Crippen LogP contribution in [0.15, 0.2) is 47.2 Å². The van der Waals surface area contributed by atoms with E-state index in [1.54, 1.807) is 30.6 Å².